The Bertz CT molecular complexity index is 207. The Kier molecular flexibility index (Phi) is 13.4. The molecule has 0 spiro atoms. The van der Waals surface area contributed by atoms with Gasteiger partial charge in [-0.3, -0.25) is 0 Å². The van der Waals surface area contributed by atoms with Crippen LogP contribution in [0.1, 0.15) is 84.0 Å². The fourth-order valence-electron chi connectivity index (χ4n) is 2.55. The third-order valence-corrected chi connectivity index (χ3v) is 3.74. The second-order valence-electron chi connectivity index (χ2n) is 5.64. The fourth-order valence-corrected chi connectivity index (χ4v) is 2.55. The van der Waals surface area contributed by atoms with Crippen LogP contribution < -0.4 is 10.8 Å². The summed E-state index contributed by atoms with van der Waals surface area (Å²) < 4.78 is 0. The van der Waals surface area contributed by atoms with Gasteiger partial charge >= 0.3 is 0 Å². The first-order valence-electron chi connectivity index (χ1n) is 8.10. The van der Waals surface area contributed by atoms with Crippen LogP contribution in [0.4, 0.5) is 0 Å². The second-order valence-corrected chi connectivity index (χ2v) is 5.64. The molecule has 0 aliphatic heterocycles. The van der Waals surface area contributed by atoms with Crippen molar-refractivity contribution in [3.63, 3.8) is 0 Å². The van der Waals surface area contributed by atoms with E-state index in [-0.39, 0.29) is 6.42 Å². The molecule has 2 N–H and O–H groups in total. The van der Waals surface area contributed by atoms with Gasteiger partial charge in [0.25, 0.3) is 0 Å². The van der Waals surface area contributed by atoms with Crippen molar-refractivity contribution in [2.24, 2.45) is 11.7 Å². The summed E-state index contributed by atoms with van der Waals surface area (Å²) in [5, 5.41) is 10.7. The molecular formula is C16H32NO2-. The van der Waals surface area contributed by atoms with E-state index in [1.54, 1.807) is 0 Å². The minimum absolute atomic E-state index is 0.234. The molecule has 0 saturated heterocycles. The van der Waals surface area contributed by atoms with Crippen molar-refractivity contribution in [2.75, 3.05) is 6.54 Å². The Morgan fingerprint density at radius 2 is 1.47 bits per heavy atom. The lowest BCUT2D eigenvalue weighted by atomic mass is 9.92. The van der Waals surface area contributed by atoms with E-state index < -0.39 is 5.97 Å². The van der Waals surface area contributed by atoms with Gasteiger partial charge in [-0.05, 0) is 25.3 Å². The highest BCUT2D eigenvalue weighted by Crippen LogP contribution is 2.21. The molecule has 1 atom stereocenters. The molecule has 0 fully saturated rings. The maximum Gasteiger partial charge on any atom is 0.0417 e. The van der Waals surface area contributed by atoms with Crippen LogP contribution in [-0.4, -0.2) is 12.5 Å². The Morgan fingerprint density at radius 3 is 2.00 bits per heavy atom. The number of carbonyl (C=O) groups excluding carboxylic acids is 1. The predicted octanol–water partition coefficient (Wildman–Crippen LogP) is 3.01. The minimum atomic E-state index is -0.894. The highest BCUT2D eigenvalue weighted by molar-refractivity contribution is 5.64. The van der Waals surface area contributed by atoms with Crippen LogP contribution >= 0.6 is 0 Å². The smallest absolute Gasteiger partial charge is 0.0417 e. The highest BCUT2D eigenvalue weighted by atomic mass is 16.4. The second kappa shape index (κ2) is 13.9. The molecular weight excluding hydrogens is 238 g/mol. The van der Waals surface area contributed by atoms with E-state index in [1.807, 2.05) is 0 Å². The van der Waals surface area contributed by atoms with Crippen LogP contribution in [0.2, 0.25) is 0 Å². The van der Waals surface area contributed by atoms with Crippen molar-refractivity contribution >= 4 is 5.97 Å². The molecule has 1 unspecified atom stereocenters. The molecule has 0 heterocycles. The number of carbonyl (C=O) groups is 1. The molecule has 3 heteroatoms. The summed E-state index contributed by atoms with van der Waals surface area (Å²) in [6, 6.07) is 0. The zero-order valence-electron chi connectivity index (χ0n) is 12.7. The molecule has 0 bridgehead atoms. The van der Waals surface area contributed by atoms with E-state index in [4.69, 9.17) is 5.73 Å². The number of hydrogen-bond donors (Lipinski definition) is 1. The molecule has 0 aromatic heterocycles. The first kappa shape index (κ1) is 18.4. The van der Waals surface area contributed by atoms with E-state index in [1.165, 1.54) is 38.5 Å². The molecule has 19 heavy (non-hydrogen) atoms. The van der Waals surface area contributed by atoms with Gasteiger partial charge in [0.15, 0.2) is 0 Å². The Balaban J connectivity index is 3.64. The van der Waals surface area contributed by atoms with Crippen LogP contribution in [0.25, 0.3) is 0 Å². The number of hydrogen-bond acceptors (Lipinski definition) is 3. The van der Waals surface area contributed by atoms with Gasteiger partial charge in [-0.15, -0.1) is 0 Å². The minimum Gasteiger partial charge on any atom is -0.550 e. The van der Waals surface area contributed by atoms with Crippen molar-refractivity contribution in [1.82, 2.24) is 0 Å². The number of aliphatic carboxylic acids is 1. The maximum absolute atomic E-state index is 10.7. The lowest BCUT2D eigenvalue weighted by Crippen LogP contribution is -2.25. The molecule has 0 aliphatic rings. The zero-order chi connectivity index (χ0) is 14.3. The molecule has 0 radical (unpaired) electrons. The highest BCUT2D eigenvalue weighted by Gasteiger charge is 2.08. The number of carboxylic acid groups (broad SMARTS) is 1. The molecule has 0 aromatic rings. The third kappa shape index (κ3) is 13.7. The summed E-state index contributed by atoms with van der Waals surface area (Å²) in [5.74, 6) is -0.580. The predicted molar refractivity (Wildman–Crippen MR) is 78.6 cm³/mol. The van der Waals surface area contributed by atoms with Gasteiger partial charge in [-0.1, -0.05) is 71.1 Å². The van der Waals surface area contributed by atoms with Gasteiger partial charge < -0.3 is 15.6 Å². The summed E-state index contributed by atoms with van der Waals surface area (Å²) >= 11 is 0. The Hall–Kier alpha value is -0.570. The average Bonchev–Trinajstić information content (AvgIpc) is 2.37. The van der Waals surface area contributed by atoms with Gasteiger partial charge in [-0.25, -0.2) is 0 Å². The lowest BCUT2D eigenvalue weighted by Gasteiger charge is -2.17. The van der Waals surface area contributed by atoms with E-state index in [2.05, 4.69) is 6.92 Å². The van der Waals surface area contributed by atoms with E-state index in [9.17, 15) is 9.90 Å². The van der Waals surface area contributed by atoms with Crippen molar-refractivity contribution in [2.45, 2.75) is 84.0 Å². The first-order chi connectivity index (χ1) is 9.20. The number of nitrogens with two attached hydrogens (primary N) is 1. The molecule has 0 amide bonds. The van der Waals surface area contributed by atoms with Gasteiger partial charge in [0.05, 0.1) is 0 Å². The summed E-state index contributed by atoms with van der Waals surface area (Å²) in [5.41, 5.74) is 5.46. The quantitative estimate of drug-likeness (QED) is 0.493. The molecule has 0 aromatic carbocycles. The monoisotopic (exact) mass is 270 g/mol. The maximum atomic E-state index is 10.7. The van der Waals surface area contributed by atoms with Crippen molar-refractivity contribution in [3.8, 4) is 0 Å². The lowest BCUT2D eigenvalue weighted by molar-refractivity contribution is -0.306. The van der Waals surface area contributed by atoms with E-state index in [0.29, 0.717) is 5.92 Å². The normalized spacial score (nSPS) is 12.5. The summed E-state index contributed by atoms with van der Waals surface area (Å²) in [6.45, 7) is 2.96. The Labute approximate surface area is 119 Å². The van der Waals surface area contributed by atoms with Crippen LogP contribution in [0, 0.1) is 5.92 Å². The molecule has 0 rings (SSSR count). The third-order valence-electron chi connectivity index (χ3n) is 3.74. The first-order valence-corrected chi connectivity index (χ1v) is 8.10. The van der Waals surface area contributed by atoms with Crippen molar-refractivity contribution in [1.29, 1.82) is 0 Å². The van der Waals surface area contributed by atoms with E-state index >= 15 is 0 Å². The van der Waals surface area contributed by atoms with Gasteiger partial charge in [0, 0.05) is 5.97 Å². The van der Waals surface area contributed by atoms with Crippen LogP contribution in [0.5, 0.6) is 0 Å². The van der Waals surface area contributed by atoms with Crippen LogP contribution in [0.3, 0.4) is 0 Å². The summed E-state index contributed by atoms with van der Waals surface area (Å²) in [6.07, 6.45) is 13.2. The zero-order valence-corrected chi connectivity index (χ0v) is 12.7. The number of carboxylic acids is 1. The topological polar surface area (TPSA) is 66.2 Å². The fraction of sp³-hybridized carbons (Fsp3) is 0.938. The molecule has 0 saturated carbocycles. The summed E-state index contributed by atoms with van der Waals surface area (Å²) in [7, 11) is 0. The molecule has 0 aliphatic carbocycles. The largest absolute Gasteiger partial charge is 0.550 e. The SMILES string of the molecule is CCCCCCCCC(CCCCCN)CC(=O)[O-]. The van der Waals surface area contributed by atoms with Crippen molar-refractivity contribution in [3.05, 3.63) is 0 Å². The van der Waals surface area contributed by atoms with E-state index in [0.717, 1.165) is 38.6 Å². The molecule has 114 valence electrons. The van der Waals surface area contributed by atoms with Gasteiger partial charge in [-0.2, -0.15) is 0 Å². The number of unbranched alkanes of at least 4 members (excludes halogenated alkanes) is 7. The number of rotatable bonds is 14. The summed E-state index contributed by atoms with van der Waals surface area (Å²) in [4.78, 5) is 10.7. The Morgan fingerprint density at radius 1 is 0.947 bits per heavy atom. The van der Waals surface area contributed by atoms with Crippen LogP contribution in [0.15, 0.2) is 0 Å². The standard InChI is InChI=1S/C16H33NO2/c1-2-3-4-5-6-8-11-15(14-16(18)19)12-9-7-10-13-17/h15H,2-14,17H2,1H3,(H,18,19)/p-1. The van der Waals surface area contributed by atoms with Crippen LogP contribution in [-0.2, 0) is 4.79 Å². The molecule has 3 nitrogen and oxygen atoms in total. The van der Waals surface area contributed by atoms with Gasteiger partial charge in [0.1, 0.15) is 0 Å². The van der Waals surface area contributed by atoms with Gasteiger partial charge in [0.2, 0.25) is 0 Å². The average molecular weight is 270 g/mol. The van der Waals surface area contributed by atoms with Crippen molar-refractivity contribution < 1.29 is 9.90 Å².